The second-order valence-electron chi connectivity index (χ2n) is 4.78. The van der Waals surface area contributed by atoms with Gasteiger partial charge >= 0.3 is 17.9 Å². The normalized spacial score (nSPS) is 11.6. The van der Waals surface area contributed by atoms with Gasteiger partial charge in [-0.15, -0.1) is 0 Å². The summed E-state index contributed by atoms with van der Waals surface area (Å²) >= 11 is 0. The number of carboxylic acids is 3. The topological polar surface area (TPSA) is 112 Å². The van der Waals surface area contributed by atoms with Crippen LogP contribution in [-0.4, -0.2) is 33.2 Å². The lowest BCUT2D eigenvalue weighted by Gasteiger charge is -2.17. The minimum absolute atomic E-state index is 0.0474. The van der Waals surface area contributed by atoms with Gasteiger partial charge in [-0.1, -0.05) is 36.5 Å². The molecule has 0 spiro atoms. The molecule has 24 heavy (non-hydrogen) atoms. The van der Waals surface area contributed by atoms with Crippen LogP contribution in [0.2, 0.25) is 0 Å². The lowest BCUT2D eigenvalue weighted by Crippen LogP contribution is -2.18. The van der Waals surface area contributed by atoms with Crippen molar-refractivity contribution < 1.29 is 29.7 Å². The zero-order valence-electron chi connectivity index (χ0n) is 13.5. The van der Waals surface area contributed by atoms with Crippen molar-refractivity contribution >= 4 is 36.1 Å². The number of allylic oxidation sites excluding steroid dienone is 3. The van der Waals surface area contributed by atoms with Gasteiger partial charge in [0, 0.05) is 5.56 Å². The van der Waals surface area contributed by atoms with E-state index >= 15 is 0 Å². The largest absolute Gasteiger partial charge is 0.478 e. The smallest absolute Gasteiger partial charge is 0.337 e. The average molecular weight is 330 g/mol. The highest BCUT2D eigenvalue weighted by atomic mass is 16.4. The molecule has 0 aliphatic rings. The molecule has 0 radical (unpaired) electrons. The van der Waals surface area contributed by atoms with Crippen LogP contribution in [0.15, 0.2) is 18.2 Å². The van der Waals surface area contributed by atoms with Crippen molar-refractivity contribution in [2.75, 3.05) is 0 Å². The molecule has 0 aliphatic carbocycles. The van der Waals surface area contributed by atoms with Gasteiger partial charge in [-0.3, -0.25) is 0 Å². The van der Waals surface area contributed by atoms with Gasteiger partial charge in [0.05, 0.1) is 16.7 Å². The molecule has 6 heteroatoms. The SMILES string of the molecule is C/C=C\c1c(/C=C\C)c(C(=O)O)c(C(=O)O)c(/C=C\C)c1C(=O)O. The maximum absolute atomic E-state index is 11.8. The first-order chi connectivity index (χ1) is 11.3. The molecule has 0 unspecified atom stereocenters. The highest BCUT2D eigenvalue weighted by molar-refractivity contribution is 6.12. The summed E-state index contributed by atoms with van der Waals surface area (Å²) in [6.07, 6.45) is 8.73. The Morgan fingerprint density at radius 3 is 1.21 bits per heavy atom. The van der Waals surface area contributed by atoms with E-state index in [0.29, 0.717) is 0 Å². The number of benzene rings is 1. The van der Waals surface area contributed by atoms with Crippen molar-refractivity contribution in [1.82, 2.24) is 0 Å². The molecular formula is C18H18O6. The molecule has 0 heterocycles. The summed E-state index contributed by atoms with van der Waals surface area (Å²) in [5.74, 6) is -4.27. The van der Waals surface area contributed by atoms with Gasteiger partial charge in [-0.2, -0.15) is 0 Å². The van der Waals surface area contributed by atoms with Crippen molar-refractivity contribution in [1.29, 1.82) is 0 Å². The van der Waals surface area contributed by atoms with Crippen molar-refractivity contribution in [2.45, 2.75) is 20.8 Å². The molecule has 1 aromatic carbocycles. The number of hydrogen-bond donors (Lipinski definition) is 3. The first-order valence-electron chi connectivity index (χ1n) is 7.13. The highest BCUT2D eigenvalue weighted by Gasteiger charge is 2.30. The van der Waals surface area contributed by atoms with Crippen LogP contribution < -0.4 is 0 Å². The Bertz CT molecular complexity index is 781. The molecule has 0 amide bonds. The molecule has 0 fully saturated rings. The summed E-state index contributed by atoms with van der Waals surface area (Å²) in [5.41, 5.74) is -1.17. The summed E-state index contributed by atoms with van der Waals surface area (Å²) in [7, 11) is 0. The molecule has 0 aromatic heterocycles. The molecular weight excluding hydrogens is 312 g/mol. The Kier molecular flexibility index (Phi) is 6.23. The standard InChI is InChI=1S/C18H18O6/c1-4-7-10-11(8-5-2)14(17(21)22)15(18(23)24)12(9-6-3)13(10)16(19)20/h4-9H,1-3H3,(H,19,20)(H,21,22)(H,23,24)/b7-4-,8-5-,9-6-. The van der Waals surface area contributed by atoms with E-state index in [-0.39, 0.29) is 22.3 Å². The van der Waals surface area contributed by atoms with Crippen LogP contribution in [0.1, 0.15) is 68.5 Å². The maximum atomic E-state index is 11.8. The number of carbonyl (C=O) groups is 3. The zero-order valence-corrected chi connectivity index (χ0v) is 13.5. The van der Waals surface area contributed by atoms with Crippen LogP contribution in [0.4, 0.5) is 0 Å². The molecule has 0 bridgehead atoms. The lowest BCUT2D eigenvalue weighted by molar-refractivity contribution is 0.0648. The first kappa shape index (κ1) is 18.9. The molecule has 0 saturated heterocycles. The van der Waals surface area contributed by atoms with Gasteiger partial charge in [0.25, 0.3) is 0 Å². The van der Waals surface area contributed by atoms with Gasteiger partial charge in [0.2, 0.25) is 0 Å². The van der Waals surface area contributed by atoms with Crippen LogP contribution in [0.5, 0.6) is 0 Å². The molecule has 0 saturated carbocycles. The first-order valence-corrected chi connectivity index (χ1v) is 7.13. The Balaban J connectivity index is 4.35. The average Bonchev–Trinajstić information content (AvgIpc) is 2.48. The van der Waals surface area contributed by atoms with Crippen molar-refractivity contribution in [3.8, 4) is 0 Å². The van der Waals surface area contributed by atoms with E-state index in [1.54, 1.807) is 26.8 Å². The van der Waals surface area contributed by atoms with Crippen LogP contribution in [0.25, 0.3) is 18.2 Å². The van der Waals surface area contributed by atoms with Crippen molar-refractivity contribution in [2.24, 2.45) is 0 Å². The van der Waals surface area contributed by atoms with Crippen LogP contribution in [0, 0.1) is 0 Å². The Hall–Kier alpha value is -3.15. The molecule has 0 atom stereocenters. The number of hydrogen-bond acceptors (Lipinski definition) is 3. The predicted octanol–water partition coefficient (Wildman–Crippen LogP) is 3.88. The third-order valence-electron chi connectivity index (χ3n) is 3.26. The molecule has 0 aliphatic heterocycles. The molecule has 1 rings (SSSR count). The Labute approximate surface area is 139 Å². The van der Waals surface area contributed by atoms with Crippen molar-refractivity contribution in [3.63, 3.8) is 0 Å². The van der Waals surface area contributed by atoms with Crippen molar-refractivity contribution in [3.05, 3.63) is 51.6 Å². The minimum atomic E-state index is -1.50. The van der Waals surface area contributed by atoms with Crippen LogP contribution in [0.3, 0.4) is 0 Å². The lowest BCUT2D eigenvalue weighted by atomic mass is 9.85. The van der Waals surface area contributed by atoms with Gasteiger partial charge in [-0.25, -0.2) is 14.4 Å². The third-order valence-corrected chi connectivity index (χ3v) is 3.26. The van der Waals surface area contributed by atoms with Gasteiger partial charge in [0.15, 0.2) is 0 Å². The molecule has 126 valence electrons. The van der Waals surface area contributed by atoms with E-state index in [2.05, 4.69) is 0 Å². The summed E-state index contributed by atoms with van der Waals surface area (Å²) in [6.45, 7) is 4.88. The number of aromatic carboxylic acids is 3. The van der Waals surface area contributed by atoms with Crippen LogP contribution >= 0.6 is 0 Å². The van der Waals surface area contributed by atoms with Gasteiger partial charge < -0.3 is 15.3 Å². The Morgan fingerprint density at radius 1 is 0.583 bits per heavy atom. The number of rotatable bonds is 6. The summed E-state index contributed by atoms with van der Waals surface area (Å²) in [4.78, 5) is 35.2. The quantitative estimate of drug-likeness (QED) is 0.729. The molecule has 6 nitrogen and oxygen atoms in total. The van der Waals surface area contributed by atoms with E-state index in [9.17, 15) is 29.7 Å². The minimum Gasteiger partial charge on any atom is -0.478 e. The van der Waals surface area contributed by atoms with E-state index in [0.717, 1.165) is 0 Å². The second kappa shape index (κ2) is 7.92. The van der Waals surface area contributed by atoms with E-state index < -0.39 is 29.0 Å². The van der Waals surface area contributed by atoms with Gasteiger partial charge in [-0.05, 0) is 31.9 Å². The summed E-state index contributed by atoms with van der Waals surface area (Å²) < 4.78 is 0. The molecule has 3 N–H and O–H groups in total. The second-order valence-corrected chi connectivity index (χ2v) is 4.78. The fourth-order valence-corrected chi connectivity index (χ4v) is 2.50. The highest BCUT2D eigenvalue weighted by Crippen LogP contribution is 2.32. The fraction of sp³-hybridized carbons (Fsp3) is 0.167. The monoisotopic (exact) mass is 330 g/mol. The predicted molar refractivity (Wildman–Crippen MR) is 91.4 cm³/mol. The van der Waals surface area contributed by atoms with Crippen LogP contribution in [-0.2, 0) is 0 Å². The summed E-state index contributed by atoms with van der Waals surface area (Å²) in [6, 6.07) is 0. The fourth-order valence-electron chi connectivity index (χ4n) is 2.50. The van der Waals surface area contributed by atoms with E-state index in [4.69, 9.17) is 0 Å². The Morgan fingerprint density at radius 2 is 0.875 bits per heavy atom. The molecule has 1 aromatic rings. The number of carboxylic acid groups (broad SMARTS) is 3. The van der Waals surface area contributed by atoms with E-state index in [1.165, 1.54) is 30.4 Å². The third kappa shape index (κ3) is 3.43. The summed E-state index contributed by atoms with van der Waals surface area (Å²) in [5, 5.41) is 28.6. The zero-order chi connectivity index (χ0) is 18.4. The van der Waals surface area contributed by atoms with Gasteiger partial charge in [0.1, 0.15) is 0 Å². The van der Waals surface area contributed by atoms with E-state index in [1.807, 2.05) is 0 Å². The maximum Gasteiger partial charge on any atom is 0.337 e.